The standard InChI is InChI=1S/C19H26N2/c1-21-14-8-13-18(21)15-19(16-9-4-2-5-10-16)20-17-11-6-3-7-12-17/h2,4-5,9-10,15,17H,3,6-8,11-14H2,1H3. The van der Waals surface area contributed by atoms with E-state index < -0.39 is 0 Å². The van der Waals surface area contributed by atoms with Crippen LogP contribution < -0.4 is 0 Å². The Balaban J connectivity index is 1.89. The number of rotatable bonds is 3. The van der Waals surface area contributed by atoms with Gasteiger partial charge in [0.1, 0.15) is 0 Å². The second-order valence-electron chi connectivity index (χ2n) is 6.33. The third-order valence-electron chi connectivity index (χ3n) is 4.69. The lowest BCUT2D eigenvalue weighted by atomic mass is 9.95. The van der Waals surface area contributed by atoms with Crippen molar-refractivity contribution >= 4 is 5.71 Å². The summed E-state index contributed by atoms with van der Waals surface area (Å²) in [5.41, 5.74) is 3.88. The van der Waals surface area contributed by atoms with Gasteiger partial charge in [-0.3, -0.25) is 4.99 Å². The van der Waals surface area contributed by atoms with Gasteiger partial charge in [0.2, 0.25) is 0 Å². The minimum Gasteiger partial charge on any atom is -0.378 e. The van der Waals surface area contributed by atoms with Crippen molar-refractivity contribution in [3.8, 4) is 0 Å². The minimum atomic E-state index is 0.525. The fraction of sp³-hybridized carbons (Fsp3) is 0.526. The van der Waals surface area contributed by atoms with E-state index in [0.29, 0.717) is 6.04 Å². The van der Waals surface area contributed by atoms with Gasteiger partial charge in [0.15, 0.2) is 0 Å². The molecule has 112 valence electrons. The Morgan fingerprint density at radius 3 is 2.52 bits per heavy atom. The van der Waals surface area contributed by atoms with Crippen LogP contribution in [0.5, 0.6) is 0 Å². The van der Waals surface area contributed by atoms with Crippen LogP contribution >= 0.6 is 0 Å². The van der Waals surface area contributed by atoms with E-state index >= 15 is 0 Å². The molecule has 0 atom stereocenters. The molecule has 1 aromatic carbocycles. The molecule has 3 rings (SSSR count). The second kappa shape index (κ2) is 6.93. The van der Waals surface area contributed by atoms with E-state index in [2.05, 4.69) is 48.4 Å². The highest BCUT2D eigenvalue weighted by Gasteiger charge is 2.16. The van der Waals surface area contributed by atoms with Gasteiger partial charge in [-0.15, -0.1) is 0 Å². The van der Waals surface area contributed by atoms with Gasteiger partial charge in [-0.1, -0.05) is 49.6 Å². The van der Waals surface area contributed by atoms with Gasteiger partial charge in [-0.05, 0) is 37.3 Å². The van der Waals surface area contributed by atoms with Crippen molar-refractivity contribution in [2.75, 3.05) is 13.6 Å². The number of hydrogen-bond acceptors (Lipinski definition) is 2. The van der Waals surface area contributed by atoms with E-state index in [4.69, 9.17) is 4.99 Å². The number of aliphatic imine (C=N–C) groups is 1. The van der Waals surface area contributed by atoms with Crippen molar-refractivity contribution in [1.82, 2.24) is 4.90 Å². The molecule has 1 aromatic rings. The van der Waals surface area contributed by atoms with Gasteiger partial charge in [-0.2, -0.15) is 0 Å². The fourth-order valence-electron chi connectivity index (χ4n) is 3.38. The predicted molar refractivity (Wildman–Crippen MR) is 89.8 cm³/mol. The van der Waals surface area contributed by atoms with E-state index in [-0.39, 0.29) is 0 Å². The molecule has 0 N–H and O–H groups in total. The van der Waals surface area contributed by atoms with Crippen LogP contribution in [0.2, 0.25) is 0 Å². The Morgan fingerprint density at radius 2 is 1.86 bits per heavy atom. The van der Waals surface area contributed by atoms with Crippen molar-refractivity contribution in [2.24, 2.45) is 4.99 Å². The summed E-state index contributed by atoms with van der Waals surface area (Å²) < 4.78 is 0. The Kier molecular flexibility index (Phi) is 4.74. The Bertz CT molecular complexity index is 510. The molecule has 0 bridgehead atoms. The number of allylic oxidation sites excluding steroid dienone is 2. The van der Waals surface area contributed by atoms with E-state index in [1.54, 1.807) is 0 Å². The molecule has 0 aromatic heterocycles. The average molecular weight is 282 g/mol. The molecular formula is C19H26N2. The van der Waals surface area contributed by atoms with Crippen molar-refractivity contribution in [3.63, 3.8) is 0 Å². The molecule has 0 radical (unpaired) electrons. The van der Waals surface area contributed by atoms with Crippen molar-refractivity contribution in [1.29, 1.82) is 0 Å². The molecule has 0 spiro atoms. The summed E-state index contributed by atoms with van der Waals surface area (Å²) in [4.78, 5) is 7.49. The molecule has 1 aliphatic carbocycles. The zero-order chi connectivity index (χ0) is 14.5. The maximum atomic E-state index is 5.12. The second-order valence-corrected chi connectivity index (χ2v) is 6.33. The average Bonchev–Trinajstić information content (AvgIpc) is 2.94. The maximum Gasteiger partial charge on any atom is 0.0667 e. The normalized spacial score (nSPS) is 23.0. The quantitative estimate of drug-likeness (QED) is 0.749. The highest BCUT2D eigenvalue weighted by molar-refractivity contribution is 6.09. The molecule has 1 saturated carbocycles. The fourth-order valence-corrected chi connectivity index (χ4v) is 3.38. The molecule has 1 aliphatic heterocycles. The van der Waals surface area contributed by atoms with Crippen LogP contribution in [0.4, 0.5) is 0 Å². The van der Waals surface area contributed by atoms with E-state index in [9.17, 15) is 0 Å². The van der Waals surface area contributed by atoms with E-state index in [0.717, 1.165) is 0 Å². The van der Waals surface area contributed by atoms with Gasteiger partial charge < -0.3 is 4.90 Å². The molecule has 2 aliphatic rings. The van der Waals surface area contributed by atoms with Gasteiger partial charge in [0, 0.05) is 19.3 Å². The minimum absolute atomic E-state index is 0.525. The lowest BCUT2D eigenvalue weighted by Gasteiger charge is -2.19. The molecule has 2 fully saturated rings. The topological polar surface area (TPSA) is 15.6 Å². The molecule has 0 amide bonds. The lowest BCUT2D eigenvalue weighted by Crippen LogP contribution is -2.15. The first-order chi connectivity index (χ1) is 10.3. The molecular weight excluding hydrogens is 256 g/mol. The molecule has 2 heteroatoms. The third kappa shape index (κ3) is 3.75. The monoisotopic (exact) mass is 282 g/mol. The van der Waals surface area contributed by atoms with E-state index in [1.165, 1.54) is 68.5 Å². The number of likely N-dealkylation sites (tertiary alicyclic amines) is 1. The molecule has 0 unspecified atom stereocenters. The van der Waals surface area contributed by atoms with Gasteiger partial charge >= 0.3 is 0 Å². The summed E-state index contributed by atoms with van der Waals surface area (Å²) in [5, 5.41) is 0. The largest absolute Gasteiger partial charge is 0.378 e. The van der Waals surface area contributed by atoms with Gasteiger partial charge in [0.05, 0.1) is 11.8 Å². The molecule has 2 nitrogen and oxygen atoms in total. The number of nitrogens with zero attached hydrogens (tertiary/aromatic N) is 2. The van der Waals surface area contributed by atoms with Crippen LogP contribution in [0.15, 0.2) is 47.1 Å². The van der Waals surface area contributed by atoms with Crippen LogP contribution in [0.25, 0.3) is 0 Å². The Labute approximate surface area is 128 Å². The number of hydrogen-bond donors (Lipinski definition) is 0. The van der Waals surface area contributed by atoms with Crippen molar-refractivity contribution in [3.05, 3.63) is 47.7 Å². The summed E-state index contributed by atoms with van der Waals surface area (Å²) in [6, 6.07) is 11.2. The Morgan fingerprint density at radius 1 is 1.10 bits per heavy atom. The zero-order valence-corrected chi connectivity index (χ0v) is 13.1. The lowest BCUT2D eigenvalue weighted by molar-refractivity contribution is 0.443. The SMILES string of the molecule is CN1CCCC1=CC(=NC1CCCCC1)c1ccccc1. The predicted octanol–water partition coefficient (Wildman–Crippen LogP) is 4.42. The van der Waals surface area contributed by atoms with Crippen LogP contribution in [-0.2, 0) is 0 Å². The van der Waals surface area contributed by atoms with Crippen LogP contribution in [0.3, 0.4) is 0 Å². The molecule has 21 heavy (non-hydrogen) atoms. The zero-order valence-electron chi connectivity index (χ0n) is 13.1. The first kappa shape index (κ1) is 14.4. The number of benzene rings is 1. The highest BCUT2D eigenvalue weighted by atomic mass is 15.1. The third-order valence-corrected chi connectivity index (χ3v) is 4.69. The summed E-state index contributed by atoms with van der Waals surface area (Å²) in [7, 11) is 2.20. The summed E-state index contributed by atoms with van der Waals surface area (Å²) in [5.74, 6) is 0. The Hall–Kier alpha value is -1.57. The highest BCUT2D eigenvalue weighted by Crippen LogP contribution is 2.23. The molecule has 1 saturated heterocycles. The summed E-state index contributed by atoms with van der Waals surface area (Å²) >= 11 is 0. The van der Waals surface area contributed by atoms with E-state index in [1.807, 2.05) is 0 Å². The van der Waals surface area contributed by atoms with Crippen LogP contribution in [0.1, 0.15) is 50.5 Å². The first-order valence-electron chi connectivity index (χ1n) is 8.38. The van der Waals surface area contributed by atoms with Crippen molar-refractivity contribution < 1.29 is 0 Å². The van der Waals surface area contributed by atoms with Crippen LogP contribution in [-0.4, -0.2) is 30.2 Å². The van der Waals surface area contributed by atoms with Gasteiger partial charge in [-0.25, -0.2) is 0 Å². The van der Waals surface area contributed by atoms with Gasteiger partial charge in [0.25, 0.3) is 0 Å². The molecule has 1 heterocycles. The first-order valence-corrected chi connectivity index (χ1v) is 8.38. The summed E-state index contributed by atoms with van der Waals surface area (Å²) in [6.07, 6.45) is 11.4. The van der Waals surface area contributed by atoms with Crippen LogP contribution in [0, 0.1) is 0 Å². The smallest absolute Gasteiger partial charge is 0.0667 e. The summed E-state index contributed by atoms with van der Waals surface area (Å²) in [6.45, 7) is 1.18. The van der Waals surface area contributed by atoms with Crippen molar-refractivity contribution in [2.45, 2.75) is 51.0 Å². The maximum absolute atomic E-state index is 5.12.